The largest absolute Gasteiger partial charge is 0.349 e. The fourth-order valence-electron chi connectivity index (χ4n) is 8.33. The molecule has 0 atom stereocenters. The maximum Gasteiger partial charge on any atom is 0.106 e. The topological polar surface area (TPSA) is 63.8 Å². The van der Waals surface area contributed by atoms with E-state index in [4.69, 9.17) is 0 Å². The van der Waals surface area contributed by atoms with Crippen LogP contribution >= 0.6 is 0 Å². The molecule has 2 aromatic heterocycles. The zero-order valence-electron chi connectivity index (χ0n) is 22.3. The number of hydrogen-bond donors (Lipinski definition) is 2. The Morgan fingerprint density at radius 2 is 1.44 bits per heavy atom. The summed E-state index contributed by atoms with van der Waals surface area (Å²) in [6.07, 6.45) is 27.0. The summed E-state index contributed by atoms with van der Waals surface area (Å²) < 4.78 is 0. The van der Waals surface area contributed by atoms with Gasteiger partial charge in [-0.25, -0.2) is 9.97 Å². The molecule has 0 radical (unpaired) electrons. The summed E-state index contributed by atoms with van der Waals surface area (Å²) >= 11 is 0. The Hall–Kier alpha value is -1.66. The monoisotopic (exact) mass is 492 g/mol. The van der Waals surface area contributed by atoms with Crippen molar-refractivity contribution in [2.45, 2.75) is 95.9 Å². The first-order valence-electron chi connectivity index (χ1n) is 15.2. The van der Waals surface area contributed by atoms with E-state index in [0.717, 1.165) is 42.4 Å². The normalized spacial score (nSPS) is 28.4. The highest BCUT2D eigenvalue weighted by Gasteiger charge is 2.42. The highest BCUT2D eigenvalue weighted by atomic mass is 15.2. The molecule has 2 saturated heterocycles. The number of aromatic amines is 2. The molecule has 6 nitrogen and oxygen atoms in total. The Bertz CT molecular complexity index is 850. The fraction of sp³-hybridized carbons (Fsp3) is 0.800. The lowest BCUT2D eigenvalue weighted by Crippen LogP contribution is -2.46. The molecule has 36 heavy (non-hydrogen) atoms. The van der Waals surface area contributed by atoms with E-state index in [1.807, 2.05) is 24.8 Å². The van der Waals surface area contributed by atoms with Crippen LogP contribution in [-0.4, -0.2) is 68.5 Å². The van der Waals surface area contributed by atoms with Gasteiger partial charge in [-0.15, -0.1) is 0 Å². The number of nitrogens with zero attached hydrogens (tertiary/aromatic N) is 4. The van der Waals surface area contributed by atoms with Gasteiger partial charge in [0.15, 0.2) is 0 Å². The van der Waals surface area contributed by atoms with Crippen LogP contribution in [0.25, 0.3) is 0 Å². The van der Waals surface area contributed by atoms with Crippen molar-refractivity contribution in [2.24, 2.45) is 23.2 Å². The average Bonchev–Trinajstić information content (AvgIpc) is 3.69. The summed E-state index contributed by atoms with van der Waals surface area (Å²) in [6.45, 7) is 6.82. The van der Waals surface area contributed by atoms with Crippen LogP contribution in [0.3, 0.4) is 0 Å². The van der Waals surface area contributed by atoms with Crippen LogP contribution in [0.2, 0.25) is 0 Å². The molecular weight excluding hydrogens is 444 g/mol. The van der Waals surface area contributed by atoms with Crippen LogP contribution < -0.4 is 0 Å². The number of rotatable bonds is 8. The van der Waals surface area contributed by atoms with Crippen LogP contribution in [0.1, 0.15) is 88.7 Å². The molecule has 1 spiro atoms. The molecule has 6 heteroatoms. The second kappa shape index (κ2) is 11.4. The van der Waals surface area contributed by atoms with Gasteiger partial charge in [-0.05, 0) is 101 Å². The van der Waals surface area contributed by atoms with Crippen molar-refractivity contribution in [3.8, 4) is 0 Å². The number of H-pyrrole nitrogens is 2. The minimum atomic E-state index is 0.618. The zero-order valence-corrected chi connectivity index (χ0v) is 22.3. The van der Waals surface area contributed by atoms with Crippen molar-refractivity contribution < 1.29 is 0 Å². The molecule has 4 heterocycles. The second-order valence-corrected chi connectivity index (χ2v) is 12.8. The average molecular weight is 493 g/mol. The van der Waals surface area contributed by atoms with E-state index in [1.165, 1.54) is 110 Å². The Labute approximate surface area is 218 Å². The van der Waals surface area contributed by atoms with Gasteiger partial charge in [-0.3, -0.25) is 0 Å². The quantitative estimate of drug-likeness (QED) is 0.514. The van der Waals surface area contributed by atoms with E-state index in [9.17, 15) is 0 Å². The summed E-state index contributed by atoms with van der Waals surface area (Å²) in [5.41, 5.74) is 0.638. The lowest BCUT2D eigenvalue weighted by molar-refractivity contribution is 0.0597. The number of aromatic nitrogens is 4. The van der Waals surface area contributed by atoms with Gasteiger partial charge in [0.25, 0.3) is 0 Å². The minimum absolute atomic E-state index is 0.618. The zero-order chi connectivity index (χ0) is 24.2. The summed E-state index contributed by atoms with van der Waals surface area (Å²) in [6, 6.07) is 0.910. The molecule has 198 valence electrons. The van der Waals surface area contributed by atoms with Gasteiger partial charge in [0, 0.05) is 56.8 Å². The summed E-state index contributed by atoms with van der Waals surface area (Å²) in [5.74, 6) is 4.56. The molecule has 0 amide bonds. The lowest BCUT2D eigenvalue weighted by atomic mass is 9.73. The fourth-order valence-corrected chi connectivity index (χ4v) is 8.33. The van der Waals surface area contributed by atoms with Gasteiger partial charge < -0.3 is 19.8 Å². The van der Waals surface area contributed by atoms with Crippen molar-refractivity contribution in [2.75, 3.05) is 32.7 Å². The molecule has 2 aliphatic carbocycles. The number of nitrogens with one attached hydrogen (secondary N) is 2. The van der Waals surface area contributed by atoms with Gasteiger partial charge in [-0.2, -0.15) is 0 Å². The van der Waals surface area contributed by atoms with Gasteiger partial charge in [0.05, 0.1) is 0 Å². The van der Waals surface area contributed by atoms with Crippen molar-refractivity contribution in [1.29, 1.82) is 0 Å². The van der Waals surface area contributed by atoms with Crippen molar-refractivity contribution in [1.82, 2.24) is 29.7 Å². The Morgan fingerprint density at radius 3 is 2.06 bits per heavy atom. The third-order valence-electron chi connectivity index (χ3n) is 10.6. The maximum atomic E-state index is 4.54. The van der Waals surface area contributed by atoms with E-state index < -0.39 is 0 Å². The van der Waals surface area contributed by atoms with E-state index in [-0.39, 0.29) is 0 Å². The minimum Gasteiger partial charge on any atom is -0.349 e. The second-order valence-electron chi connectivity index (χ2n) is 12.8. The lowest BCUT2D eigenvalue weighted by Gasteiger charge is -2.44. The predicted molar refractivity (Wildman–Crippen MR) is 145 cm³/mol. The third kappa shape index (κ3) is 5.91. The molecule has 2 aromatic rings. The van der Waals surface area contributed by atoms with E-state index in [2.05, 4.69) is 29.7 Å². The SMILES string of the molecule is c1c[nH]c(CC(Cc2ncc[nH]2)C2CCC(CN3CCC4(CCN(C5CCCCC5)CC4)C3)CC2)n1. The highest BCUT2D eigenvalue weighted by Crippen LogP contribution is 2.43. The standard InChI is InChI=1S/C30H48N6/c1-2-4-27(5-3-1)36-18-11-30(12-19-36)10-17-35(23-30)22-24-6-8-25(9-7-24)26(20-28-31-13-14-32-28)21-29-33-15-16-34-29/h13-16,24-27H,1-12,17-23H2,(H,31,32)(H,33,34). The van der Waals surface area contributed by atoms with Crippen molar-refractivity contribution in [3.05, 3.63) is 36.4 Å². The predicted octanol–water partition coefficient (Wildman–Crippen LogP) is 5.46. The Morgan fingerprint density at radius 1 is 0.806 bits per heavy atom. The first-order valence-corrected chi connectivity index (χ1v) is 15.2. The van der Waals surface area contributed by atoms with E-state index >= 15 is 0 Å². The summed E-state index contributed by atoms with van der Waals surface area (Å²) in [4.78, 5) is 21.5. The summed E-state index contributed by atoms with van der Waals surface area (Å²) in [5, 5.41) is 0. The Kier molecular flexibility index (Phi) is 7.80. The van der Waals surface area contributed by atoms with Crippen LogP contribution in [0.5, 0.6) is 0 Å². The Balaban J connectivity index is 0.968. The van der Waals surface area contributed by atoms with Gasteiger partial charge in [-0.1, -0.05) is 19.3 Å². The molecule has 2 saturated carbocycles. The molecule has 0 unspecified atom stereocenters. The first-order chi connectivity index (χ1) is 17.7. The number of imidazole rings is 2. The van der Waals surface area contributed by atoms with Crippen LogP contribution in [-0.2, 0) is 12.8 Å². The maximum absolute atomic E-state index is 4.54. The molecule has 2 aliphatic heterocycles. The van der Waals surface area contributed by atoms with Crippen LogP contribution in [0.4, 0.5) is 0 Å². The van der Waals surface area contributed by atoms with Crippen LogP contribution in [0.15, 0.2) is 24.8 Å². The molecular formula is C30H48N6. The molecule has 4 fully saturated rings. The van der Waals surface area contributed by atoms with Crippen molar-refractivity contribution in [3.63, 3.8) is 0 Å². The van der Waals surface area contributed by atoms with Crippen molar-refractivity contribution >= 4 is 0 Å². The number of likely N-dealkylation sites (tertiary alicyclic amines) is 2. The van der Waals surface area contributed by atoms with E-state index in [1.54, 1.807) is 0 Å². The first kappa shape index (κ1) is 24.7. The number of hydrogen-bond acceptors (Lipinski definition) is 4. The van der Waals surface area contributed by atoms with Gasteiger partial charge >= 0.3 is 0 Å². The summed E-state index contributed by atoms with van der Waals surface area (Å²) in [7, 11) is 0. The smallest absolute Gasteiger partial charge is 0.106 e. The number of piperidine rings is 1. The third-order valence-corrected chi connectivity index (χ3v) is 10.6. The van der Waals surface area contributed by atoms with E-state index in [0.29, 0.717) is 11.3 Å². The van der Waals surface area contributed by atoms with Crippen LogP contribution in [0, 0.1) is 23.2 Å². The molecule has 2 N–H and O–H groups in total. The van der Waals surface area contributed by atoms with Gasteiger partial charge in [0.1, 0.15) is 11.6 Å². The molecule has 6 rings (SSSR count). The highest BCUT2D eigenvalue weighted by molar-refractivity contribution is 4.98. The molecule has 0 aromatic carbocycles. The van der Waals surface area contributed by atoms with Gasteiger partial charge in [0.2, 0.25) is 0 Å². The molecule has 4 aliphatic rings. The molecule has 0 bridgehead atoms.